The van der Waals surface area contributed by atoms with Crippen LogP contribution >= 0.6 is 0 Å². The molecule has 8 heteroatoms. The van der Waals surface area contributed by atoms with Crippen LogP contribution in [0.3, 0.4) is 0 Å². The van der Waals surface area contributed by atoms with E-state index in [9.17, 15) is 4.79 Å². The first-order valence-electron chi connectivity index (χ1n) is 7.95. The van der Waals surface area contributed by atoms with Gasteiger partial charge in [-0.15, -0.1) is 0 Å². The van der Waals surface area contributed by atoms with Crippen LogP contribution in [0, 0.1) is 0 Å². The monoisotopic (exact) mass is 361 g/mol. The first kappa shape index (κ1) is 19.2. The average Bonchev–Trinajstić information content (AvgIpc) is 2.69. The number of rotatable bonds is 9. The van der Waals surface area contributed by atoms with Gasteiger partial charge in [0.25, 0.3) is 5.91 Å². The number of aromatic nitrogens is 2. The van der Waals surface area contributed by atoms with Crippen molar-refractivity contribution in [2.45, 2.75) is 12.5 Å². The normalized spacial score (nSPS) is 11.3. The van der Waals surface area contributed by atoms with Crippen molar-refractivity contribution >= 4 is 14.7 Å². The summed E-state index contributed by atoms with van der Waals surface area (Å²) < 4.78 is 16.0. The molecule has 25 heavy (non-hydrogen) atoms. The highest BCUT2D eigenvalue weighted by Gasteiger charge is 2.36. The van der Waals surface area contributed by atoms with Crippen molar-refractivity contribution in [1.29, 1.82) is 0 Å². The zero-order chi connectivity index (χ0) is 18.1. The molecule has 0 aliphatic heterocycles. The Hall–Kier alpha value is -2.13. The van der Waals surface area contributed by atoms with E-state index in [1.807, 2.05) is 18.2 Å². The molecule has 0 atom stereocenters. The number of pyridine rings is 2. The van der Waals surface area contributed by atoms with E-state index in [0.717, 1.165) is 11.4 Å². The second kappa shape index (κ2) is 9.38. The summed E-state index contributed by atoms with van der Waals surface area (Å²) in [5.74, 6) is -0.167. The highest BCUT2D eigenvalue weighted by molar-refractivity contribution is 6.60. The van der Waals surface area contributed by atoms with Crippen molar-refractivity contribution in [3.63, 3.8) is 0 Å². The Kier molecular flexibility index (Phi) is 7.20. The molecule has 2 rings (SSSR count). The van der Waals surface area contributed by atoms with Crippen LogP contribution in [0.2, 0.25) is 6.04 Å². The van der Waals surface area contributed by atoms with Crippen molar-refractivity contribution in [1.82, 2.24) is 15.3 Å². The van der Waals surface area contributed by atoms with Gasteiger partial charge in [0.15, 0.2) is 0 Å². The van der Waals surface area contributed by atoms with E-state index in [1.54, 1.807) is 45.9 Å². The maximum atomic E-state index is 12.2. The highest BCUT2D eigenvalue weighted by atomic mass is 28.4. The molecule has 2 heterocycles. The maximum absolute atomic E-state index is 12.2. The van der Waals surface area contributed by atoms with Crippen LogP contribution in [-0.4, -0.2) is 52.6 Å². The first-order chi connectivity index (χ1) is 12.1. The molecule has 2 aromatic rings. The molecule has 134 valence electrons. The van der Waals surface area contributed by atoms with Crippen molar-refractivity contribution in [2.24, 2.45) is 0 Å². The summed E-state index contributed by atoms with van der Waals surface area (Å²) in [6, 6.07) is 9.78. The van der Waals surface area contributed by atoms with Gasteiger partial charge in [-0.25, -0.2) is 0 Å². The average molecular weight is 361 g/mol. The van der Waals surface area contributed by atoms with E-state index in [1.165, 1.54) is 0 Å². The molecule has 0 spiro atoms. The van der Waals surface area contributed by atoms with Gasteiger partial charge in [0.1, 0.15) is 0 Å². The van der Waals surface area contributed by atoms with Gasteiger partial charge in [0.05, 0.1) is 17.0 Å². The molecule has 0 saturated carbocycles. The minimum absolute atomic E-state index is 0.167. The van der Waals surface area contributed by atoms with Crippen molar-refractivity contribution in [2.75, 3.05) is 27.9 Å². The molecule has 0 aliphatic rings. The molecule has 0 aromatic carbocycles. The minimum atomic E-state index is -2.58. The number of hydrogen-bond acceptors (Lipinski definition) is 6. The molecule has 7 nitrogen and oxygen atoms in total. The molecule has 0 radical (unpaired) electrons. The Balaban J connectivity index is 1.85. The Bertz CT molecular complexity index is 655. The van der Waals surface area contributed by atoms with Crippen LogP contribution in [0.4, 0.5) is 0 Å². The third kappa shape index (κ3) is 5.17. The predicted molar refractivity (Wildman–Crippen MR) is 96.0 cm³/mol. The highest BCUT2D eigenvalue weighted by Crippen LogP contribution is 2.15. The molecule has 0 unspecified atom stereocenters. The molecule has 1 amide bonds. The van der Waals surface area contributed by atoms with Gasteiger partial charge < -0.3 is 18.6 Å². The van der Waals surface area contributed by atoms with E-state index in [-0.39, 0.29) is 5.91 Å². The van der Waals surface area contributed by atoms with Crippen LogP contribution in [-0.2, 0) is 13.3 Å². The standard InChI is InChI=1S/C17H23N3O4Si/c1-22-25(23-2,24-3)12-6-11-19-17(21)14-8-9-16(20-13-14)15-7-4-5-10-18-15/h4-5,7-10,13H,6,11-12H2,1-3H3,(H,19,21). The smallest absolute Gasteiger partial charge is 0.377 e. The molecule has 2 aromatic heterocycles. The van der Waals surface area contributed by atoms with E-state index in [2.05, 4.69) is 15.3 Å². The summed E-state index contributed by atoms with van der Waals surface area (Å²) in [5.41, 5.74) is 2.01. The number of carbonyl (C=O) groups is 1. The lowest BCUT2D eigenvalue weighted by molar-refractivity contribution is 0.0949. The summed E-state index contributed by atoms with van der Waals surface area (Å²) in [6.45, 7) is 0.506. The zero-order valence-corrected chi connectivity index (χ0v) is 15.7. The van der Waals surface area contributed by atoms with Gasteiger partial charge in [0, 0.05) is 46.3 Å². The minimum Gasteiger partial charge on any atom is -0.377 e. The number of carbonyl (C=O) groups excluding carboxylic acids is 1. The van der Waals surface area contributed by atoms with Crippen LogP contribution in [0.5, 0.6) is 0 Å². The summed E-state index contributed by atoms with van der Waals surface area (Å²) in [6.07, 6.45) is 3.96. The van der Waals surface area contributed by atoms with Crippen LogP contribution in [0.1, 0.15) is 16.8 Å². The molecule has 0 aliphatic carbocycles. The number of hydrogen-bond donors (Lipinski definition) is 1. The molecule has 1 N–H and O–H groups in total. The van der Waals surface area contributed by atoms with Crippen molar-refractivity contribution < 1.29 is 18.1 Å². The lowest BCUT2D eigenvalue weighted by atomic mass is 10.2. The molecule has 0 fully saturated rings. The SMILES string of the molecule is CO[Si](CCCNC(=O)c1ccc(-c2ccccn2)nc1)(OC)OC. The summed E-state index contributed by atoms with van der Waals surface area (Å²) in [7, 11) is 2.14. The van der Waals surface area contributed by atoms with E-state index < -0.39 is 8.80 Å². The second-order valence-electron chi connectivity index (χ2n) is 5.30. The maximum Gasteiger partial charge on any atom is 0.500 e. The van der Waals surface area contributed by atoms with E-state index >= 15 is 0 Å². The fourth-order valence-electron chi connectivity index (χ4n) is 2.36. The quantitative estimate of drug-likeness (QED) is 0.544. The zero-order valence-electron chi connectivity index (χ0n) is 14.7. The summed E-state index contributed by atoms with van der Waals surface area (Å²) in [4.78, 5) is 20.7. The van der Waals surface area contributed by atoms with Gasteiger partial charge in [-0.3, -0.25) is 14.8 Å². The summed E-state index contributed by atoms with van der Waals surface area (Å²) in [5, 5.41) is 2.86. The predicted octanol–water partition coefficient (Wildman–Crippen LogP) is 2.14. The molecule has 0 saturated heterocycles. The fourth-order valence-corrected chi connectivity index (χ4v) is 4.08. The Morgan fingerprint density at radius 1 is 1.04 bits per heavy atom. The van der Waals surface area contributed by atoms with Gasteiger partial charge in [0.2, 0.25) is 0 Å². The first-order valence-corrected chi connectivity index (χ1v) is 9.88. The Morgan fingerprint density at radius 2 is 1.76 bits per heavy atom. The van der Waals surface area contributed by atoms with Crippen molar-refractivity contribution in [3.8, 4) is 11.4 Å². The topological polar surface area (TPSA) is 82.6 Å². The van der Waals surface area contributed by atoms with Gasteiger partial charge in [-0.2, -0.15) is 0 Å². The Morgan fingerprint density at radius 3 is 2.32 bits per heavy atom. The third-order valence-corrected chi connectivity index (χ3v) is 6.66. The lowest BCUT2D eigenvalue weighted by Crippen LogP contribution is -2.43. The number of nitrogens with zero attached hydrogens (tertiary/aromatic N) is 2. The second-order valence-corrected chi connectivity index (χ2v) is 8.39. The molecule has 0 bridgehead atoms. The Labute approximate surface area is 148 Å². The number of amides is 1. The largest absolute Gasteiger partial charge is 0.500 e. The fraction of sp³-hybridized carbons (Fsp3) is 0.353. The lowest BCUT2D eigenvalue weighted by Gasteiger charge is -2.24. The van der Waals surface area contributed by atoms with Crippen LogP contribution in [0.25, 0.3) is 11.4 Å². The molecular formula is C17H23N3O4Si. The van der Waals surface area contributed by atoms with Gasteiger partial charge in [-0.1, -0.05) is 6.07 Å². The van der Waals surface area contributed by atoms with Crippen molar-refractivity contribution in [3.05, 3.63) is 48.3 Å². The van der Waals surface area contributed by atoms with Crippen LogP contribution < -0.4 is 5.32 Å². The molecular weight excluding hydrogens is 338 g/mol. The van der Waals surface area contributed by atoms with E-state index in [4.69, 9.17) is 13.3 Å². The number of nitrogens with one attached hydrogen (secondary N) is 1. The van der Waals surface area contributed by atoms with Gasteiger partial charge in [-0.05, 0) is 30.7 Å². The van der Waals surface area contributed by atoms with Gasteiger partial charge >= 0.3 is 8.80 Å². The third-order valence-electron chi connectivity index (χ3n) is 3.83. The van der Waals surface area contributed by atoms with E-state index in [0.29, 0.717) is 24.6 Å². The summed E-state index contributed by atoms with van der Waals surface area (Å²) >= 11 is 0. The van der Waals surface area contributed by atoms with Crippen LogP contribution in [0.15, 0.2) is 42.7 Å².